The van der Waals surface area contributed by atoms with E-state index < -0.39 is 0 Å². The normalized spacial score (nSPS) is 14.9. The maximum atomic E-state index is 12.6. The Kier molecular flexibility index (Phi) is 4.69. The molecule has 1 amide bonds. The smallest absolute Gasteiger partial charge is 0.246 e. The number of benzene rings is 3. The summed E-state index contributed by atoms with van der Waals surface area (Å²) in [6, 6.07) is 24.8. The molecule has 1 aliphatic rings. The highest BCUT2D eigenvalue weighted by Crippen LogP contribution is 2.20. The Hall–Kier alpha value is -3.07. The van der Waals surface area contributed by atoms with Crippen molar-refractivity contribution in [2.45, 2.75) is 0 Å². The van der Waals surface area contributed by atoms with Gasteiger partial charge in [-0.15, -0.1) is 0 Å². The molecular weight excluding hydrogens is 320 g/mol. The summed E-state index contributed by atoms with van der Waals surface area (Å²) in [5.41, 5.74) is 2.31. The zero-order chi connectivity index (χ0) is 17.8. The molecule has 3 nitrogen and oxygen atoms in total. The van der Waals surface area contributed by atoms with Crippen LogP contribution in [0.3, 0.4) is 0 Å². The molecule has 0 aromatic heterocycles. The van der Waals surface area contributed by atoms with E-state index in [2.05, 4.69) is 53.4 Å². The van der Waals surface area contributed by atoms with Gasteiger partial charge in [-0.1, -0.05) is 60.7 Å². The Morgan fingerprint density at radius 2 is 1.46 bits per heavy atom. The number of para-hydroxylation sites is 1. The van der Waals surface area contributed by atoms with E-state index in [1.807, 2.05) is 35.2 Å². The molecule has 1 fully saturated rings. The molecular formula is C23H22N2O. The first-order chi connectivity index (χ1) is 12.8. The van der Waals surface area contributed by atoms with Gasteiger partial charge in [-0.2, -0.15) is 0 Å². The number of carbonyl (C=O) groups excluding carboxylic acids is 1. The number of piperazine rings is 1. The average Bonchev–Trinajstić information content (AvgIpc) is 2.73. The first kappa shape index (κ1) is 16.4. The second kappa shape index (κ2) is 7.44. The molecule has 0 bridgehead atoms. The third-order valence-electron chi connectivity index (χ3n) is 4.94. The van der Waals surface area contributed by atoms with E-state index in [1.165, 1.54) is 16.5 Å². The molecule has 26 heavy (non-hydrogen) atoms. The molecule has 0 radical (unpaired) electrons. The lowest BCUT2D eigenvalue weighted by atomic mass is 10.0. The van der Waals surface area contributed by atoms with Gasteiger partial charge in [-0.05, 0) is 34.5 Å². The Labute approximate surface area is 154 Å². The van der Waals surface area contributed by atoms with Gasteiger partial charge in [0.15, 0.2) is 0 Å². The molecule has 4 rings (SSSR count). The summed E-state index contributed by atoms with van der Waals surface area (Å²) >= 11 is 0. The minimum Gasteiger partial charge on any atom is -0.368 e. The number of amides is 1. The summed E-state index contributed by atoms with van der Waals surface area (Å²) in [6.45, 7) is 3.26. The number of hydrogen-bond donors (Lipinski definition) is 0. The number of carbonyl (C=O) groups is 1. The molecule has 1 saturated heterocycles. The van der Waals surface area contributed by atoms with E-state index in [0.29, 0.717) is 0 Å². The SMILES string of the molecule is O=C(/C=C/c1cccc2ccccc12)N1CCN(c2ccccc2)CC1. The van der Waals surface area contributed by atoms with Crippen LogP contribution in [0.5, 0.6) is 0 Å². The topological polar surface area (TPSA) is 23.6 Å². The fraction of sp³-hybridized carbons (Fsp3) is 0.174. The van der Waals surface area contributed by atoms with Gasteiger partial charge in [0, 0.05) is 37.9 Å². The molecule has 0 spiro atoms. The number of fused-ring (bicyclic) bond motifs is 1. The molecule has 3 heteroatoms. The van der Waals surface area contributed by atoms with Crippen LogP contribution in [0, 0.1) is 0 Å². The first-order valence-electron chi connectivity index (χ1n) is 9.06. The fourth-order valence-corrected chi connectivity index (χ4v) is 3.49. The fourth-order valence-electron chi connectivity index (χ4n) is 3.49. The van der Waals surface area contributed by atoms with E-state index >= 15 is 0 Å². The Morgan fingerprint density at radius 3 is 2.27 bits per heavy atom. The second-order valence-electron chi connectivity index (χ2n) is 6.55. The third kappa shape index (κ3) is 3.47. The number of anilines is 1. The number of hydrogen-bond acceptors (Lipinski definition) is 2. The van der Waals surface area contributed by atoms with Crippen molar-refractivity contribution in [1.29, 1.82) is 0 Å². The highest BCUT2D eigenvalue weighted by molar-refractivity contribution is 5.96. The van der Waals surface area contributed by atoms with Crippen molar-refractivity contribution >= 4 is 28.4 Å². The second-order valence-corrected chi connectivity index (χ2v) is 6.55. The van der Waals surface area contributed by atoms with Crippen LogP contribution >= 0.6 is 0 Å². The molecule has 3 aromatic rings. The Balaban J connectivity index is 1.42. The minimum atomic E-state index is 0.0886. The highest BCUT2D eigenvalue weighted by atomic mass is 16.2. The van der Waals surface area contributed by atoms with Crippen molar-refractivity contribution < 1.29 is 4.79 Å². The van der Waals surface area contributed by atoms with Gasteiger partial charge in [-0.3, -0.25) is 4.79 Å². The zero-order valence-corrected chi connectivity index (χ0v) is 14.7. The Morgan fingerprint density at radius 1 is 0.769 bits per heavy atom. The van der Waals surface area contributed by atoms with Crippen LogP contribution in [-0.2, 0) is 4.79 Å². The van der Waals surface area contributed by atoms with Crippen LogP contribution in [0.15, 0.2) is 78.9 Å². The van der Waals surface area contributed by atoms with Crippen LogP contribution in [0.1, 0.15) is 5.56 Å². The van der Waals surface area contributed by atoms with Gasteiger partial charge in [-0.25, -0.2) is 0 Å². The van der Waals surface area contributed by atoms with Crippen LogP contribution in [0.4, 0.5) is 5.69 Å². The molecule has 130 valence electrons. The summed E-state index contributed by atoms with van der Waals surface area (Å²) in [7, 11) is 0. The quantitative estimate of drug-likeness (QED) is 0.666. The van der Waals surface area contributed by atoms with Crippen molar-refractivity contribution in [2.75, 3.05) is 31.1 Å². The highest BCUT2D eigenvalue weighted by Gasteiger charge is 2.19. The van der Waals surface area contributed by atoms with E-state index in [9.17, 15) is 4.79 Å². The molecule has 0 unspecified atom stereocenters. The van der Waals surface area contributed by atoms with E-state index in [0.717, 1.165) is 31.7 Å². The minimum absolute atomic E-state index is 0.0886. The molecule has 1 aliphatic heterocycles. The molecule has 0 atom stereocenters. The molecule has 0 aliphatic carbocycles. The van der Waals surface area contributed by atoms with Gasteiger partial charge in [0.25, 0.3) is 0 Å². The molecule has 3 aromatic carbocycles. The monoisotopic (exact) mass is 342 g/mol. The third-order valence-corrected chi connectivity index (χ3v) is 4.94. The van der Waals surface area contributed by atoms with Crippen molar-refractivity contribution in [3.63, 3.8) is 0 Å². The summed E-state index contributed by atoms with van der Waals surface area (Å²) < 4.78 is 0. The van der Waals surface area contributed by atoms with Gasteiger partial charge in [0.2, 0.25) is 5.91 Å². The number of rotatable bonds is 3. The van der Waals surface area contributed by atoms with Crippen molar-refractivity contribution in [2.24, 2.45) is 0 Å². The molecule has 1 heterocycles. The predicted octanol–water partition coefficient (Wildman–Crippen LogP) is 4.20. The molecule has 0 saturated carbocycles. The van der Waals surface area contributed by atoms with Crippen LogP contribution < -0.4 is 4.90 Å². The van der Waals surface area contributed by atoms with E-state index in [4.69, 9.17) is 0 Å². The Bertz CT molecular complexity index is 920. The standard InChI is InChI=1S/C23H22N2O/c26-23(14-13-20-9-6-8-19-7-4-5-12-22(19)20)25-17-15-24(16-18-25)21-10-2-1-3-11-21/h1-14H,15-18H2/b14-13+. The van der Waals surface area contributed by atoms with Gasteiger partial charge in [0.1, 0.15) is 0 Å². The van der Waals surface area contributed by atoms with E-state index in [1.54, 1.807) is 6.08 Å². The first-order valence-corrected chi connectivity index (χ1v) is 9.06. The van der Waals surface area contributed by atoms with Crippen molar-refractivity contribution in [1.82, 2.24) is 4.90 Å². The van der Waals surface area contributed by atoms with Gasteiger partial charge >= 0.3 is 0 Å². The van der Waals surface area contributed by atoms with Crippen LogP contribution in [0.25, 0.3) is 16.8 Å². The zero-order valence-electron chi connectivity index (χ0n) is 14.7. The lowest BCUT2D eigenvalue weighted by molar-refractivity contribution is -0.126. The van der Waals surface area contributed by atoms with E-state index in [-0.39, 0.29) is 5.91 Å². The van der Waals surface area contributed by atoms with Crippen molar-refractivity contribution in [3.8, 4) is 0 Å². The predicted molar refractivity (Wildman–Crippen MR) is 108 cm³/mol. The van der Waals surface area contributed by atoms with Crippen LogP contribution in [-0.4, -0.2) is 37.0 Å². The van der Waals surface area contributed by atoms with Crippen molar-refractivity contribution in [3.05, 3.63) is 84.4 Å². The summed E-state index contributed by atoms with van der Waals surface area (Å²) in [5, 5.41) is 2.37. The molecule has 0 N–H and O–H groups in total. The van der Waals surface area contributed by atoms with Gasteiger partial charge in [0.05, 0.1) is 0 Å². The van der Waals surface area contributed by atoms with Crippen LogP contribution in [0.2, 0.25) is 0 Å². The van der Waals surface area contributed by atoms with Gasteiger partial charge < -0.3 is 9.80 Å². The lowest BCUT2D eigenvalue weighted by Crippen LogP contribution is -2.48. The average molecular weight is 342 g/mol. The lowest BCUT2D eigenvalue weighted by Gasteiger charge is -2.35. The summed E-state index contributed by atoms with van der Waals surface area (Å²) in [4.78, 5) is 16.8. The largest absolute Gasteiger partial charge is 0.368 e. The summed E-state index contributed by atoms with van der Waals surface area (Å²) in [6.07, 6.45) is 3.65. The number of nitrogens with zero attached hydrogens (tertiary/aromatic N) is 2. The maximum Gasteiger partial charge on any atom is 0.246 e. The summed E-state index contributed by atoms with van der Waals surface area (Å²) in [5.74, 6) is 0.0886. The maximum absolute atomic E-state index is 12.6.